The lowest BCUT2D eigenvalue weighted by Crippen LogP contribution is -2.29. The van der Waals surface area contributed by atoms with Crippen molar-refractivity contribution < 1.29 is 0 Å². The van der Waals surface area contributed by atoms with Gasteiger partial charge in [0.15, 0.2) is 0 Å². The molecule has 1 N–H and O–H groups in total. The van der Waals surface area contributed by atoms with E-state index in [4.69, 9.17) is 0 Å². The van der Waals surface area contributed by atoms with Crippen molar-refractivity contribution in [2.45, 2.75) is 46.5 Å². The monoisotopic (exact) mass is 200 g/mol. The zero-order chi connectivity index (χ0) is 10.6. The van der Waals surface area contributed by atoms with Gasteiger partial charge in [-0.05, 0) is 58.4 Å². The van der Waals surface area contributed by atoms with Gasteiger partial charge in [-0.1, -0.05) is 20.8 Å². The second-order valence-electron chi connectivity index (χ2n) is 3.95. The van der Waals surface area contributed by atoms with Gasteiger partial charge in [0, 0.05) is 0 Å². The summed E-state index contributed by atoms with van der Waals surface area (Å²) in [6.45, 7) is 12.9. The second kappa shape index (κ2) is 11.0. The molecule has 0 rings (SSSR count). The van der Waals surface area contributed by atoms with Crippen LogP contribution < -0.4 is 5.32 Å². The largest absolute Gasteiger partial charge is 0.317 e. The van der Waals surface area contributed by atoms with Crippen molar-refractivity contribution in [1.82, 2.24) is 10.2 Å². The first kappa shape index (κ1) is 13.9. The number of nitrogens with zero attached hydrogens (tertiary/aromatic N) is 1. The highest BCUT2D eigenvalue weighted by Crippen LogP contribution is 1.95. The molecule has 0 unspecified atom stereocenters. The maximum absolute atomic E-state index is 3.45. The lowest BCUT2D eigenvalue weighted by molar-refractivity contribution is 0.270. The summed E-state index contributed by atoms with van der Waals surface area (Å²) in [5, 5.41) is 3.45. The maximum atomic E-state index is 3.45. The highest BCUT2D eigenvalue weighted by molar-refractivity contribution is 4.57. The van der Waals surface area contributed by atoms with Crippen LogP contribution >= 0.6 is 0 Å². The molecule has 2 nitrogen and oxygen atoms in total. The van der Waals surface area contributed by atoms with Gasteiger partial charge in [-0.25, -0.2) is 0 Å². The fraction of sp³-hybridized carbons (Fsp3) is 1.00. The SMILES string of the molecule is CCCNCCCN(CCC)CCC. The van der Waals surface area contributed by atoms with Gasteiger partial charge in [0.2, 0.25) is 0 Å². The Morgan fingerprint density at radius 3 is 1.93 bits per heavy atom. The van der Waals surface area contributed by atoms with E-state index in [9.17, 15) is 0 Å². The van der Waals surface area contributed by atoms with Crippen molar-refractivity contribution in [2.24, 2.45) is 0 Å². The zero-order valence-electron chi connectivity index (χ0n) is 10.3. The second-order valence-corrected chi connectivity index (χ2v) is 3.95. The predicted octanol–water partition coefficient (Wildman–Crippen LogP) is 2.50. The molecule has 2 heteroatoms. The summed E-state index contributed by atoms with van der Waals surface area (Å²) in [6, 6.07) is 0. The van der Waals surface area contributed by atoms with Crippen LogP contribution in [0, 0.1) is 0 Å². The molecule has 0 aliphatic carbocycles. The van der Waals surface area contributed by atoms with Crippen LogP contribution in [0.4, 0.5) is 0 Å². The average molecular weight is 200 g/mol. The molecule has 0 saturated carbocycles. The van der Waals surface area contributed by atoms with Gasteiger partial charge < -0.3 is 10.2 Å². The summed E-state index contributed by atoms with van der Waals surface area (Å²) in [7, 11) is 0. The average Bonchev–Trinajstić information content (AvgIpc) is 2.18. The van der Waals surface area contributed by atoms with Crippen molar-refractivity contribution in [2.75, 3.05) is 32.7 Å². The van der Waals surface area contributed by atoms with Gasteiger partial charge in [0.05, 0.1) is 0 Å². The van der Waals surface area contributed by atoms with E-state index in [0.29, 0.717) is 0 Å². The smallest absolute Gasteiger partial charge is 0.000664 e. The topological polar surface area (TPSA) is 15.3 Å². The van der Waals surface area contributed by atoms with Gasteiger partial charge in [0.25, 0.3) is 0 Å². The minimum absolute atomic E-state index is 1.17. The van der Waals surface area contributed by atoms with Crippen molar-refractivity contribution in [3.05, 3.63) is 0 Å². The van der Waals surface area contributed by atoms with Gasteiger partial charge in [-0.15, -0.1) is 0 Å². The third-order valence-electron chi connectivity index (χ3n) is 2.33. The van der Waals surface area contributed by atoms with E-state index in [0.717, 1.165) is 0 Å². The lowest BCUT2D eigenvalue weighted by Gasteiger charge is -2.20. The number of hydrogen-bond donors (Lipinski definition) is 1. The Balaban J connectivity index is 3.30. The molecule has 0 amide bonds. The molecule has 0 fully saturated rings. The Kier molecular flexibility index (Phi) is 10.9. The van der Waals surface area contributed by atoms with Crippen LogP contribution in [0.1, 0.15) is 46.5 Å². The molecule has 0 aliphatic heterocycles. The molecule has 0 spiro atoms. The third kappa shape index (κ3) is 8.52. The van der Waals surface area contributed by atoms with Crippen molar-refractivity contribution in [1.29, 1.82) is 0 Å². The quantitative estimate of drug-likeness (QED) is 0.545. The molecule has 0 aliphatic rings. The summed E-state index contributed by atoms with van der Waals surface area (Å²) in [6.07, 6.45) is 5.10. The molecule has 14 heavy (non-hydrogen) atoms. The Labute approximate surface area is 90.1 Å². The first-order chi connectivity index (χ1) is 6.85. The van der Waals surface area contributed by atoms with Crippen molar-refractivity contribution in [3.8, 4) is 0 Å². The van der Waals surface area contributed by atoms with Crippen LogP contribution in [-0.2, 0) is 0 Å². The minimum Gasteiger partial charge on any atom is -0.317 e. The van der Waals surface area contributed by atoms with Crippen molar-refractivity contribution in [3.63, 3.8) is 0 Å². The van der Waals surface area contributed by atoms with Crippen LogP contribution in [0.5, 0.6) is 0 Å². The molecule has 0 saturated heterocycles. The number of nitrogens with one attached hydrogen (secondary N) is 1. The zero-order valence-corrected chi connectivity index (χ0v) is 10.3. The molecule has 0 bridgehead atoms. The van der Waals surface area contributed by atoms with Crippen LogP contribution in [-0.4, -0.2) is 37.6 Å². The van der Waals surface area contributed by atoms with Crippen LogP contribution in [0.15, 0.2) is 0 Å². The summed E-state index contributed by atoms with van der Waals surface area (Å²) >= 11 is 0. The highest BCUT2D eigenvalue weighted by atomic mass is 15.1. The summed E-state index contributed by atoms with van der Waals surface area (Å²) < 4.78 is 0. The molecule has 0 aromatic heterocycles. The van der Waals surface area contributed by atoms with E-state index < -0.39 is 0 Å². The summed E-state index contributed by atoms with van der Waals surface area (Å²) in [4.78, 5) is 2.58. The van der Waals surface area contributed by atoms with E-state index in [1.165, 1.54) is 58.4 Å². The standard InChI is InChI=1S/C12H28N2/c1-4-8-13-9-7-12-14(10-5-2)11-6-3/h13H,4-12H2,1-3H3. The van der Waals surface area contributed by atoms with E-state index in [2.05, 4.69) is 31.0 Å². The van der Waals surface area contributed by atoms with Gasteiger partial charge in [0.1, 0.15) is 0 Å². The van der Waals surface area contributed by atoms with Gasteiger partial charge in [-0.2, -0.15) is 0 Å². The van der Waals surface area contributed by atoms with Crippen LogP contribution in [0.3, 0.4) is 0 Å². The molecule has 0 aromatic rings. The first-order valence-corrected chi connectivity index (χ1v) is 6.28. The fourth-order valence-electron chi connectivity index (χ4n) is 1.70. The fourth-order valence-corrected chi connectivity index (χ4v) is 1.70. The number of rotatable bonds is 10. The predicted molar refractivity (Wildman–Crippen MR) is 64.8 cm³/mol. The summed E-state index contributed by atoms with van der Waals surface area (Å²) in [5.74, 6) is 0. The Bertz CT molecular complexity index is 98.5. The normalized spacial score (nSPS) is 11.1. The molecule has 0 heterocycles. The lowest BCUT2D eigenvalue weighted by atomic mass is 10.3. The summed E-state index contributed by atoms with van der Waals surface area (Å²) in [5.41, 5.74) is 0. The first-order valence-electron chi connectivity index (χ1n) is 6.28. The van der Waals surface area contributed by atoms with Gasteiger partial charge >= 0.3 is 0 Å². The molecular weight excluding hydrogens is 172 g/mol. The third-order valence-corrected chi connectivity index (χ3v) is 2.33. The van der Waals surface area contributed by atoms with Gasteiger partial charge in [-0.3, -0.25) is 0 Å². The Morgan fingerprint density at radius 2 is 1.43 bits per heavy atom. The Morgan fingerprint density at radius 1 is 0.786 bits per heavy atom. The van der Waals surface area contributed by atoms with E-state index in [1.54, 1.807) is 0 Å². The number of hydrogen-bond acceptors (Lipinski definition) is 2. The van der Waals surface area contributed by atoms with Crippen LogP contribution in [0.25, 0.3) is 0 Å². The molecular formula is C12H28N2. The molecule has 0 atom stereocenters. The van der Waals surface area contributed by atoms with Crippen molar-refractivity contribution >= 4 is 0 Å². The van der Waals surface area contributed by atoms with E-state index in [1.807, 2.05) is 0 Å². The van der Waals surface area contributed by atoms with E-state index in [-0.39, 0.29) is 0 Å². The van der Waals surface area contributed by atoms with E-state index >= 15 is 0 Å². The molecule has 0 aromatic carbocycles. The highest BCUT2D eigenvalue weighted by Gasteiger charge is 2.00. The maximum Gasteiger partial charge on any atom is -0.000664 e. The minimum atomic E-state index is 1.17. The molecule has 86 valence electrons. The molecule has 0 radical (unpaired) electrons. The Hall–Kier alpha value is -0.0800. The van der Waals surface area contributed by atoms with Crippen LogP contribution in [0.2, 0.25) is 0 Å².